The molecule has 2 atom stereocenters. The van der Waals surface area contributed by atoms with E-state index in [-0.39, 0.29) is 17.9 Å². The van der Waals surface area contributed by atoms with E-state index < -0.39 is 6.36 Å². The van der Waals surface area contributed by atoms with Gasteiger partial charge in [0.05, 0.1) is 15.6 Å². The molecule has 3 aromatic rings. The summed E-state index contributed by atoms with van der Waals surface area (Å²) in [6.07, 6.45) is -1.99. The molecule has 9 heteroatoms. The van der Waals surface area contributed by atoms with E-state index in [1.54, 1.807) is 12.1 Å². The number of hydrogen-bond acceptors (Lipinski definition) is 4. The summed E-state index contributed by atoms with van der Waals surface area (Å²) in [6.45, 7) is 1.90. The van der Waals surface area contributed by atoms with E-state index in [1.807, 2.05) is 31.2 Å². The second-order valence-corrected chi connectivity index (χ2v) is 7.69. The zero-order chi connectivity index (χ0) is 22.2. The Morgan fingerprint density at radius 2 is 1.45 bits per heavy atom. The fourth-order valence-electron chi connectivity index (χ4n) is 3.31. The molecule has 0 bridgehead atoms. The topological polar surface area (TPSA) is 43.7 Å². The average Bonchev–Trinajstić information content (AvgIpc) is 3.08. The normalized spacial score (nSPS) is 18.5. The van der Waals surface area contributed by atoms with Crippen LogP contribution in [-0.2, 0) is 4.74 Å². The van der Waals surface area contributed by atoms with Gasteiger partial charge in [0.1, 0.15) is 17.9 Å². The molecule has 0 saturated carbocycles. The SMILES string of the molecule is C[C@H]1OC(c2c(Cl)cncc2Cl)=N[C@H]1c1ccc(-c2ccc(OC(F)(F)F)cc2)cc1. The van der Waals surface area contributed by atoms with Crippen LogP contribution in [0.15, 0.2) is 65.9 Å². The van der Waals surface area contributed by atoms with Crippen LogP contribution in [0.4, 0.5) is 13.2 Å². The molecule has 1 aliphatic heterocycles. The van der Waals surface area contributed by atoms with Crippen LogP contribution in [0.5, 0.6) is 5.75 Å². The van der Waals surface area contributed by atoms with Gasteiger partial charge in [0.2, 0.25) is 5.90 Å². The van der Waals surface area contributed by atoms with Crippen molar-refractivity contribution < 1.29 is 22.6 Å². The van der Waals surface area contributed by atoms with Crippen LogP contribution in [0.2, 0.25) is 10.0 Å². The Hall–Kier alpha value is -2.77. The maximum absolute atomic E-state index is 12.3. The summed E-state index contributed by atoms with van der Waals surface area (Å²) in [7, 11) is 0. The number of alkyl halides is 3. The number of benzene rings is 2. The third-order valence-electron chi connectivity index (χ3n) is 4.74. The molecule has 0 radical (unpaired) electrons. The Bertz CT molecular complexity index is 1100. The molecule has 0 fully saturated rings. The van der Waals surface area contributed by atoms with Crippen molar-refractivity contribution in [2.24, 2.45) is 4.99 Å². The fourth-order valence-corrected chi connectivity index (χ4v) is 3.84. The third-order valence-corrected chi connectivity index (χ3v) is 5.31. The molecule has 160 valence electrons. The summed E-state index contributed by atoms with van der Waals surface area (Å²) >= 11 is 12.4. The van der Waals surface area contributed by atoms with Crippen molar-refractivity contribution in [1.29, 1.82) is 0 Å². The van der Waals surface area contributed by atoms with Crippen LogP contribution < -0.4 is 4.74 Å². The Balaban J connectivity index is 1.55. The van der Waals surface area contributed by atoms with Gasteiger partial charge in [-0.15, -0.1) is 13.2 Å². The first-order valence-electron chi connectivity index (χ1n) is 9.21. The smallest absolute Gasteiger partial charge is 0.472 e. The van der Waals surface area contributed by atoms with Gasteiger partial charge in [-0.3, -0.25) is 4.98 Å². The Labute approximate surface area is 186 Å². The Morgan fingerprint density at radius 1 is 0.903 bits per heavy atom. The third kappa shape index (κ3) is 4.78. The van der Waals surface area contributed by atoms with Crippen LogP contribution in [0.25, 0.3) is 11.1 Å². The number of rotatable bonds is 4. The van der Waals surface area contributed by atoms with Gasteiger partial charge in [-0.2, -0.15) is 0 Å². The monoisotopic (exact) mass is 466 g/mol. The maximum Gasteiger partial charge on any atom is 0.573 e. The number of hydrogen-bond donors (Lipinski definition) is 0. The molecule has 0 aliphatic carbocycles. The van der Waals surface area contributed by atoms with Gasteiger partial charge < -0.3 is 9.47 Å². The Morgan fingerprint density at radius 3 is 2.00 bits per heavy atom. The number of nitrogens with zero attached hydrogens (tertiary/aromatic N) is 2. The van der Waals surface area contributed by atoms with Gasteiger partial charge in [-0.1, -0.05) is 59.6 Å². The quantitative estimate of drug-likeness (QED) is 0.421. The molecule has 2 aromatic carbocycles. The second kappa shape index (κ2) is 8.40. The van der Waals surface area contributed by atoms with E-state index >= 15 is 0 Å². The zero-order valence-electron chi connectivity index (χ0n) is 16.0. The van der Waals surface area contributed by atoms with Crippen molar-refractivity contribution in [2.45, 2.75) is 25.4 Å². The van der Waals surface area contributed by atoms with Crippen molar-refractivity contribution in [3.8, 4) is 16.9 Å². The predicted octanol–water partition coefficient (Wildman–Crippen LogP) is 6.86. The first-order valence-corrected chi connectivity index (χ1v) is 9.97. The van der Waals surface area contributed by atoms with Crippen molar-refractivity contribution in [2.75, 3.05) is 0 Å². The minimum absolute atomic E-state index is 0.236. The fraction of sp³-hybridized carbons (Fsp3) is 0.182. The van der Waals surface area contributed by atoms with E-state index in [9.17, 15) is 13.2 Å². The number of aromatic nitrogens is 1. The lowest BCUT2D eigenvalue weighted by atomic mass is 9.99. The minimum Gasteiger partial charge on any atom is -0.472 e. The van der Waals surface area contributed by atoms with Gasteiger partial charge in [-0.05, 0) is 35.7 Å². The van der Waals surface area contributed by atoms with Crippen molar-refractivity contribution in [3.05, 3.63) is 82.1 Å². The van der Waals surface area contributed by atoms with Crippen LogP contribution in [0.1, 0.15) is 24.1 Å². The number of halogens is 5. The Kier molecular flexibility index (Phi) is 5.81. The van der Waals surface area contributed by atoms with Crippen LogP contribution in [-0.4, -0.2) is 23.3 Å². The van der Waals surface area contributed by atoms with Crippen molar-refractivity contribution in [3.63, 3.8) is 0 Å². The molecule has 0 saturated heterocycles. The summed E-state index contributed by atoms with van der Waals surface area (Å²) in [4.78, 5) is 8.59. The van der Waals surface area contributed by atoms with Gasteiger partial charge >= 0.3 is 6.36 Å². The molecular weight excluding hydrogens is 452 g/mol. The lowest BCUT2D eigenvalue weighted by molar-refractivity contribution is -0.274. The van der Waals surface area contributed by atoms with E-state index in [4.69, 9.17) is 27.9 Å². The lowest BCUT2D eigenvalue weighted by Gasteiger charge is -2.14. The first-order chi connectivity index (χ1) is 14.7. The van der Waals surface area contributed by atoms with Gasteiger partial charge in [0.25, 0.3) is 0 Å². The molecule has 0 unspecified atom stereocenters. The standard InChI is InChI=1S/C22H15Cl2F3N2O2/c1-12-20(29-21(30-12)19-17(23)10-28-11-18(19)24)15-4-2-13(3-5-15)14-6-8-16(9-7-14)31-22(25,26)27/h2-12,20H,1H3/t12-,20-/m1/s1. The largest absolute Gasteiger partial charge is 0.573 e. The summed E-state index contributed by atoms with van der Waals surface area (Å²) < 4.78 is 46.7. The van der Waals surface area contributed by atoms with Gasteiger partial charge in [0, 0.05) is 12.4 Å². The molecule has 31 heavy (non-hydrogen) atoms. The van der Waals surface area contributed by atoms with E-state index in [2.05, 4.69) is 14.7 Å². The highest BCUT2D eigenvalue weighted by Crippen LogP contribution is 2.35. The van der Waals surface area contributed by atoms with Crippen molar-refractivity contribution in [1.82, 2.24) is 4.98 Å². The molecule has 1 aromatic heterocycles. The molecule has 0 amide bonds. The summed E-state index contributed by atoms with van der Waals surface area (Å²) in [6, 6.07) is 13.0. The minimum atomic E-state index is -4.71. The van der Waals surface area contributed by atoms with Crippen LogP contribution >= 0.6 is 23.2 Å². The van der Waals surface area contributed by atoms with Gasteiger partial charge in [-0.25, -0.2) is 4.99 Å². The van der Waals surface area contributed by atoms with Gasteiger partial charge in [0.15, 0.2) is 0 Å². The summed E-state index contributed by atoms with van der Waals surface area (Å²) in [5.41, 5.74) is 3.03. The van der Waals surface area contributed by atoms with Crippen molar-refractivity contribution >= 4 is 29.1 Å². The molecule has 0 spiro atoms. The lowest BCUT2D eigenvalue weighted by Crippen LogP contribution is -2.16. The van der Waals surface area contributed by atoms with Crippen LogP contribution in [0.3, 0.4) is 0 Å². The number of pyridine rings is 1. The molecule has 1 aliphatic rings. The molecular formula is C22H15Cl2F3N2O2. The summed E-state index contributed by atoms with van der Waals surface area (Å²) in [5.74, 6) is 0.0966. The highest BCUT2D eigenvalue weighted by atomic mass is 35.5. The zero-order valence-corrected chi connectivity index (χ0v) is 17.5. The number of aliphatic imine (C=N–C) groups is 1. The molecule has 4 nitrogen and oxygen atoms in total. The van der Waals surface area contributed by atoms with E-state index in [1.165, 1.54) is 24.5 Å². The molecule has 4 rings (SSSR count). The number of ether oxygens (including phenoxy) is 2. The van der Waals surface area contributed by atoms with E-state index in [0.29, 0.717) is 21.5 Å². The highest BCUT2D eigenvalue weighted by Gasteiger charge is 2.32. The summed E-state index contributed by atoms with van der Waals surface area (Å²) in [5, 5.41) is 0.708. The molecule has 2 heterocycles. The van der Waals surface area contributed by atoms with E-state index in [0.717, 1.165) is 16.7 Å². The second-order valence-electron chi connectivity index (χ2n) is 6.87. The highest BCUT2D eigenvalue weighted by molar-refractivity contribution is 6.39. The predicted molar refractivity (Wildman–Crippen MR) is 113 cm³/mol. The first kappa shape index (κ1) is 21.5. The molecule has 0 N–H and O–H groups in total. The average molecular weight is 467 g/mol. The van der Waals surface area contributed by atoms with Crippen LogP contribution in [0, 0.1) is 0 Å². The maximum atomic E-state index is 12.3.